The van der Waals surface area contributed by atoms with Gasteiger partial charge in [0.1, 0.15) is 5.60 Å². The number of hydrogen-bond acceptors (Lipinski definition) is 5. The average molecular weight is 321 g/mol. The van der Waals surface area contributed by atoms with E-state index in [9.17, 15) is 13.2 Å². The number of rotatable bonds is 1. The van der Waals surface area contributed by atoms with Crippen molar-refractivity contribution in [3.63, 3.8) is 0 Å². The third-order valence-electron chi connectivity index (χ3n) is 3.69. The molecule has 2 rings (SSSR count). The minimum atomic E-state index is -3.32. The number of carbonyl (C=O) groups excluding carboxylic acids is 1. The molecule has 9 heteroatoms. The molecule has 0 bridgehead atoms. The summed E-state index contributed by atoms with van der Waals surface area (Å²) in [5.41, 5.74) is -0.788. The second-order valence-corrected chi connectivity index (χ2v) is 7.76. The lowest BCUT2D eigenvalue weighted by Gasteiger charge is -2.43. The Labute approximate surface area is 125 Å². The van der Waals surface area contributed by atoms with Crippen LogP contribution >= 0.6 is 0 Å². The van der Waals surface area contributed by atoms with Crippen LogP contribution in [0.5, 0.6) is 0 Å². The van der Waals surface area contributed by atoms with Gasteiger partial charge in [0.2, 0.25) is 10.0 Å². The Balaban J connectivity index is 2.17. The van der Waals surface area contributed by atoms with Crippen LogP contribution in [0.4, 0.5) is 4.79 Å². The van der Waals surface area contributed by atoms with Crippen molar-refractivity contribution in [1.29, 1.82) is 0 Å². The minimum absolute atomic E-state index is 0.104. The predicted octanol–water partition coefficient (Wildman–Crippen LogP) is -0.969. The van der Waals surface area contributed by atoms with Crippen molar-refractivity contribution in [3.05, 3.63) is 0 Å². The van der Waals surface area contributed by atoms with Crippen molar-refractivity contribution in [3.8, 4) is 0 Å². The van der Waals surface area contributed by atoms with Gasteiger partial charge in [-0.3, -0.25) is 0 Å². The minimum Gasteiger partial charge on any atom is -0.377 e. The zero-order chi connectivity index (χ0) is 15.7. The van der Waals surface area contributed by atoms with Crippen LogP contribution in [-0.2, 0) is 19.5 Å². The van der Waals surface area contributed by atoms with E-state index in [1.807, 2.05) is 0 Å². The highest BCUT2D eigenvalue weighted by Gasteiger charge is 2.43. The van der Waals surface area contributed by atoms with Crippen LogP contribution < -0.4 is 0 Å². The molecule has 1 spiro atoms. The maximum atomic E-state index is 12.1. The average Bonchev–Trinajstić information content (AvgIpc) is 2.60. The first-order chi connectivity index (χ1) is 9.73. The van der Waals surface area contributed by atoms with Crippen LogP contribution in [0.3, 0.4) is 0 Å². The third-order valence-corrected chi connectivity index (χ3v) is 4.93. The molecule has 0 saturated carbocycles. The fourth-order valence-corrected chi connectivity index (χ4v) is 3.50. The Morgan fingerprint density at radius 3 is 2.52 bits per heavy atom. The van der Waals surface area contributed by atoms with Crippen LogP contribution in [0, 0.1) is 0 Å². The van der Waals surface area contributed by atoms with Crippen LogP contribution in [0.15, 0.2) is 0 Å². The molecule has 0 aromatic rings. The van der Waals surface area contributed by atoms with Crippen molar-refractivity contribution in [1.82, 2.24) is 14.1 Å². The fourth-order valence-electron chi connectivity index (χ4n) is 2.63. The van der Waals surface area contributed by atoms with E-state index in [1.165, 1.54) is 15.5 Å². The first kappa shape index (κ1) is 16.5. The summed E-state index contributed by atoms with van der Waals surface area (Å²) in [7, 11) is 0.0635. The van der Waals surface area contributed by atoms with E-state index in [-0.39, 0.29) is 19.2 Å². The second-order valence-electron chi connectivity index (χ2n) is 5.78. The van der Waals surface area contributed by atoms with Gasteiger partial charge in [0.15, 0.2) is 0 Å². The van der Waals surface area contributed by atoms with Gasteiger partial charge in [0, 0.05) is 33.7 Å². The van der Waals surface area contributed by atoms with Gasteiger partial charge in [-0.05, 0) is 0 Å². The van der Waals surface area contributed by atoms with Gasteiger partial charge in [-0.15, -0.1) is 0 Å². The summed E-state index contributed by atoms with van der Waals surface area (Å²) in [4.78, 5) is 15.3. The third kappa shape index (κ3) is 3.85. The maximum Gasteiger partial charge on any atom is 0.319 e. The van der Waals surface area contributed by atoms with E-state index in [0.717, 1.165) is 0 Å². The van der Waals surface area contributed by atoms with Gasteiger partial charge in [0.05, 0.1) is 32.6 Å². The molecule has 2 aliphatic heterocycles. The zero-order valence-electron chi connectivity index (χ0n) is 12.7. The quantitative estimate of drug-likeness (QED) is 0.621. The number of amides is 2. The molecular formula is C12H23N3O5S. The van der Waals surface area contributed by atoms with E-state index in [1.54, 1.807) is 19.0 Å². The first-order valence-corrected chi connectivity index (χ1v) is 8.71. The Bertz CT molecular complexity index is 495. The molecule has 21 heavy (non-hydrogen) atoms. The molecule has 2 saturated heterocycles. The van der Waals surface area contributed by atoms with Gasteiger partial charge in [-0.1, -0.05) is 0 Å². The van der Waals surface area contributed by atoms with Crippen molar-refractivity contribution >= 4 is 16.1 Å². The van der Waals surface area contributed by atoms with Crippen LogP contribution in [-0.4, -0.2) is 101 Å². The number of urea groups is 1. The number of sulfonamides is 1. The number of ether oxygens (including phenoxy) is 2. The monoisotopic (exact) mass is 321 g/mol. The molecule has 2 heterocycles. The van der Waals surface area contributed by atoms with Crippen molar-refractivity contribution in [2.24, 2.45) is 0 Å². The Hall–Kier alpha value is -0.900. The lowest BCUT2D eigenvalue weighted by Crippen LogP contribution is -2.61. The van der Waals surface area contributed by atoms with Gasteiger partial charge in [-0.25, -0.2) is 13.2 Å². The molecule has 0 radical (unpaired) electrons. The summed E-state index contributed by atoms with van der Waals surface area (Å²) in [6.45, 7) is 2.35. The van der Waals surface area contributed by atoms with Crippen LogP contribution in [0.25, 0.3) is 0 Å². The molecule has 1 atom stereocenters. The Morgan fingerprint density at radius 2 is 1.90 bits per heavy atom. The van der Waals surface area contributed by atoms with E-state index in [2.05, 4.69) is 0 Å². The zero-order valence-corrected chi connectivity index (χ0v) is 13.6. The molecule has 2 aliphatic rings. The van der Waals surface area contributed by atoms with Crippen LogP contribution in [0.1, 0.15) is 0 Å². The number of morpholine rings is 1. The maximum absolute atomic E-state index is 12.1. The van der Waals surface area contributed by atoms with E-state index < -0.39 is 15.6 Å². The number of hydrogen-bond donors (Lipinski definition) is 0. The van der Waals surface area contributed by atoms with Crippen molar-refractivity contribution in [2.75, 3.05) is 66.4 Å². The van der Waals surface area contributed by atoms with Gasteiger partial charge in [-0.2, -0.15) is 4.31 Å². The molecule has 0 unspecified atom stereocenters. The number of carbonyl (C=O) groups is 1. The number of nitrogens with zero attached hydrogens (tertiary/aromatic N) is 3. The van der Waals surface area contributed by atoms with Gasteiger partial charge in [0.25, 0.3) is 0 Å². The molecule has 2 amide bonds. The van der Waals surface area contributed by atoms with E-state index in [4.69, 9.17) is 9.47 Å². The molecule has 0 N–H and O–H groups in total. The molecule has 0 aromatic heterocycles. The van der Waals surface area contributed by atoms with Gasteiger partial charge < -0.3 is 19.3 Å². The highest BCUT2D eigenvalue weighted by molar-refractivity contribution is 7.88. The normalized spacial score (nSPS) is 28.4. The summed E-state index contributed by atoms with van der Waals surface area (Å²) in [6.07, 6.45) is 1.18. The SMILES string of the molecule is CN(C)C(=O)N1CCO[C@@]2(COCCN(S(C)(=O)=O)C2)C1. The summed E-state index contributed by atoms with van der Waals surface area (Å²) in [5.74, 6) is 0. The molecule has 0 aliphatic carbocycles. The lowest BCUT2D eigenvalue weighted by atomic mass is 10.0. The largest absolute Gasteiger partial charge is 0.377 e. The van der Waals surface area contributed by atoms with Crippen molar-refractivity contribution in [2.45, 2.75) is 5.60 Å². The standard InChI is InChI=1S/C12H23N3O5S/c1-13(2)11(16)14-4-7-20-12(8-14)9-15(21(3,17)18)5-6-19-10-12/h4-10H2,1-3H3/t12-/m0/s1. The summed E-state index contributed by atoms with van der Waals surface area (Å²) < 4.78 is 36.3. The molecule has 122 valence electrons. The molecule has 8 nitrogen and oxygen atoms in total. The highest BCUT2D eigenvalue weighted by atomic mass is 32.2. The summed E-state index contributed by atoms with van der Waals surface area (Å²) in [5, 5.41) is 0. The topological polar surface area (TPSA) is 79.4 Å². The Morgan fingerprint density at radius 1 is 1.19 bits per heavy atom. The lowest BCUT2D eigenvalue weighted by molar-refractivity contribution is -0.129. The fraction of sp³-hybridized carbons (Fsp3) is 0.917. The molecule has 0 aromatic carbocycles. The summed E-state index contributed by atoms with van der Waals surface area (Å²) in [6, 6.07) is -0.104. The molecular weight excluding hydrogens is 298 g/mol. The van der Waals surface area contributed by atoms with Gasteiger partial charge >= 0.3 is 6.03 Å². The molecule has 2 fully saturated rings. The highest BCUT2D eigenvalue weighted by Crippen LogP contribution is 2.24. The van der Waals surface area contributed by atoms with E-state index in [0.29, 0.717) is 32.8 Å². The second kappa shape index (κ2) is 6.07. The predicted molar refractivity (Wildman–Crippen MR) is 76.6 cm³/mol. The summed E-state index contributed by atoms with van der Waals surface area (Å²) >= 11 is 0. The van der Waals surface area contributed by atoms with Crippen molar-refractivity contribution < 1.29 is 22.7 Å². The smallest absolute Gasteiger partial charge is 0.319 e. The van der Waals surface area contributed by atoms with E-state index >= 15 is 0 Å². The first-order valence-electron chi connectivity index (χ1n) is 6.87. The van der Waals surface area contributed by atoms with Crippen LogP contribution in [0.2, 0.25) is 0 Å². The Kier molecular flexibility index (Phi) is 4.76.